The number of benzene rings is 2. The fraction of sp³-hybridized carbons (Fsp3) is 0.0588. The van der Waals surface area contributed by atoms with Gasteiger partial charge in [-0.15, -0.1) is 0 Å². The molecular formula is C17H14ClN3O2. The van der Waals surface area contributed by atoms with Crippen molar-refractivity contribution in [2.75, 3.05) is 5.73 Å². The van der Waals surface area contributed by atoms with Gasteiger partial charge in [0.2, 0.25) is 11.8 Å². The van der Waals surface area contributed by atoms with Crippen molar-refractivity contribution in [3.05, 3.63) is 65.4 Å². The van der Waals surface area contributed by atoms with Crippen molar-refractivity contribution in [3.63, 3.8) is 0 Å². The van der Waals surface area contributed by atoms with Gasteiger partial charge >= 0.3 is 0 Å². The summed E-state index contributed by atoms with van der Waals surface area (Å²) >= 11 is 6.00. The lowest BCUT2D eigenvalue weighted by atomic mass is 10.2. The van der Waals surface area contributed by atoms with Crippen LogP contribution in [-0.2, 0) is 0 Å². The van der Waals surface area contributed by atoms with Crippen LogP contribution in [0.15, 0.2) is 54.9 Å². The zero-order valence-electron chi connectivity index (χ0n) is 12.4. The van der Waals surface area contributed by atoms with Crippen LogP contribution in [0, 0.1) is 6.92 Å². The molecule has 2 N–H and O–H groups in total. The average Bonchev–Trinajstić information content (AvgIpc) is 2.56. The Labute approximate surface area is 138 Å². The average molecular weight is 328 g/mol. The Bertz CT molecular complexity index is 825. The number of hydrogen-bond donors (Lipinski definition) is 1. The van der Waals surface area contributed by atoms with E-state index in [4.69, 9.17) is 26.8 Å². The molecule has 6 heteroatoms. The lowest BCUT2D eigenvalue weighted by Gasteiger charge is -2.11. The van der Waals surface area contributed by atoms with Gasteiger partial charge < -0.3 is 15.2 Å². The molecule has 1 aromatic heterocycles. The summed E-state index contributed by atoms with van der Waals surface area (Å²) in [6, 6.07) is 14.5. The molecule has 0 fully saturated rings. The molecule has 1 heterocycles. The van der Waals surface area contributed by atoms with Crippen molar-refractivity contribution in [2.24, 2.45) is 0 Å². The van der Waals surface area contributed by atoms with E-state index in [-0.39, 0.29) is 17.4 Å². The molecule has 3 aromatic rings. The first-order valence-electron chi connectivity index (χ1n) is 6.91. The third kappa shape index (κ3) is 3.52. The van der Waals surface area contributed by atoms with Gasteiger partial charge in [0.1, 0.15) is 17.8 Å². The summed E-state index contributed by atoms with van der Waals surface area (Å²) in [6.07, 6.45) is 1.34. The van der Waals surface area contributed by atoms with Gasteiger partial charge in [0.25, 0.3) is 0 Å². The Morgan fingerprint density at radius 2 is 1.57 bits per heavy atom. The van der Waals surface area contributed by atoms with E-state index in [9.17, 15) is 0 Å². The topological polar surface area (TPSA) is 70.3 Å². The van der Waals surface area contributed by atoms with Crippen LogP contribution in [0.1, 0.15) is 5.56 Å². The number of nitrogen functional groups attached to an aromatic ring is 1. The largest absolute Gasteiger partial charge is 0.437 e. The predicted octanol–water partition coefficient (Wildman–Crippen LogP) is 4.61. The van der Waals surface area contributed by atoms with Gasteiger partial charge in [-0.3, -0.25) is 0 Å². The van der Waals surface area contributed by atoms with Crippen LogP contribution in [0.5, 0.6) is 23.3 Å². The van der Waals surface area contributed by atoms with E-state index in [1.807, 2.05) is 43.3 Å². The maximum absolute atomic E-state index is 6.05. The summed E-state index contributed by atoms with van der Waals surface area (Å²) in [7, 11) is 0. The van der Waals surface area contributed by atoms with E-state index in [0.717, 1.165) is 5.56 Å². The van der Waals surface area contributed by atoms with Crippen molar-refractivity contribution < 1.29 is 9.47 Å². The molecule has 116 valence electrons. The molecule has 0 radical (unpaired) electrons. The van der Waals surface area contributed by atoms with Crippen LogP contribution in [0.4, 0.5) is 5.69 Å². The highest BCUT2D eigenvalue weighted by Crippen LogP contribution is 2.33. The van der Waals surface area contributed by atoms with E-state index < -0.39 is 0 Å². The Kier molecular flexibility index (Phi) is 4.30. The first kappa shape index (κ1) is 15.1. The number of ether oxygens (including phenoxy) is 2. The van der Waals surface area contributed by atoms with E-state index in [1.54, 1.807) is 12.1 Å². The molecule has 0 aliphatic rings. The van der Waals surface area contributed by atoms with Crippen molar-refractivity contribution in [1.82, 2.24) is 9.97 Å². The number of aromatic nitrogens is 2. The lowest BCUT2D eigenvalue weighted by molar-refractivity contribution is 0.438. The fourth-order valence-electron chi connectivity index (χ4n) is 1.92. The molecule has 0 aliphatic heterocycles. The van der Waals surface area contributed by atoms with Gasteiger partial charge in [-0.1, -0.05) is 29.8 Å². The summed E-state index contributed by atoms with van der Waals surface area (Å²) in [6.45, 7) is 1.89. The van der Waals surface area contributed by atoms with Crippen LogP contribution in [0.2, 0.25) is 5.02 Å². The second-order valence-electron chi connectivity index (χ2n) is 4.83. The molecule has 0 saturated carbocycles. The monoisotopic (exact) mass is 327 g/mol. The number of nitrogens with two attached hydrogens (primary N) is 1. The minimum Gasteiger partial charge on any atom is -0.437 e. The molecule has 23 heavy (non-hydrogen) atoms. The molecule has 0 bridgehead atoms. The van der Waals surface area contributed by atoms with Gasteiger partial charge in [-0.05, 0) is 42.8 Å². The van der Waals surface area contributed by atoms with Gasteiger partial charge in [0.15, 0.2) is 5.69 Å². The third-order valence-corrected chi connectivity index (χ3v) is 3.54. The molecule has 0 spiro atoms. The second-order valence-corrected chi connectivity index (χ2v) is 5.23. The van der Waals surface area contributed by atoms with Crippen LogP contribution in [0.25, 0.3) is 0 Å². The minimum absolute atomic E-state index is 0.226. The van der Waals surface area contributed by atoms with Crippen LogP contribution in [-0.4, -0.2) is 9.97 Å². The van der Waals surface area contributed by atoms with Crippen LogP contribution < -0.4 is 15.2 Å². The Morgan fingerprint density at radius 1 is 0.913 bits per heavy atom. The fourth-order valence-corrected chi connectivity index (χ4v) is 2.04. The number of halogens is 1. The molecule has 0 saturated heterocycles. The molecule has 0 unspecified atom stereocenters. The molecule has 0 atom stereocenters. The second kappa shape index (κ2) is 6.54. The molecule has 2 aromatic carbocycles. The molecule has 3 rings (SSSR count). The van der Waals surface area contributed by atoms with Crippen LogP contribution in [0.3, 0.4) is 0 Å². The van der Waals surface area contributed by atoms with Gasteiger partial charge in [-0.25, -0.2) is 0 Å². The third-order valence-electron chi connectivity index (χ3n) is 3.11. The molecule has 5 nitrogen and oxygen atoms in total. The Balaban J connectivity index is 1.86. The zero-order chi connectivity index (χ0) is 16.2. The first-order chi connectivity index (χ1) is 11.1. The van der Waals surface area contributed by atoms with Gasteiger partial charge in [-0.2, -0.15) is 9.97 Å². The summed E-state index contributed by atoms with van der Waals surface area (Å²) in [4.78, 5) is 8.10. The van der Waals surface area contributed by atoms with E-state index in [1.165, 1.54) is 6.33 Å². The highest BCUT2D eigenvalue weighted by molar-refractivity contribution is 6.31. The number of anilines is 1. The lowest BCUT2D eigenvalue weighted by Crippen LogP contribution is -2.00. The maximum atomic E-state index is 6.05. The molecule has 0 amide bonds. The Hall–Kier alpha value is -2.79. The molecule has 0 aliphatic carbocycles. The standard InChI is InChI=1S/C17H14ClN3O2/c1-11-9-13(7-8-14(11)18)23-17-15(19)16(20-10-21-17)22-12-5-3-2-4-6-12/h2-10H,19H2,1H3. The van der Waals surface area contributed by atoms with Crippen molar-refractivity contribution in [3.8, 4) is 23.3 Å². The van der Waals surface area contributed by atoms with Gasteiger partial charge in [0, 0.05) is 5.02 Å². The SMILES string of the molecule is Cc1cc(Oc2ncnc(Oc3ccccc3)c2N)ccc1Cl. The summed E-state index contributed by atoms with van der Waals surface area (Å²) in [5, 5.41) is 0.668. The highest BCUT2D eigenvalue weighted by Gasteiger charge is 2.12. The minimum atomic E-state index is 0.226. The van der Waals surface area contributed by atoms with E-state index in [2.05, 4.69) is 9.97 Å². The Morgan fingerprint density at radius 3 is 2.22 bits per heavy atom. The van der Waals surface area contributed by atoms with Crippen molar-refractivity contribution >= 4 is 17.3 Å². The number of para-hydroxylation sites is 1. The van der Waals surface area contributed by atoms with E-state index in [0.29, 0.717) is 16.5 Å². The first-order valence-corrected chi connectivity index (χ1v) is 7.28. The highest BCUT2D eigenvalue weighted by atomic mass is 35.5. The summed E-state index contributed by atoms with van der Waals surface area (Å²) in [5.74, 6) is 1.69. The summed E-state index contributed by atoms with van der Waals surface area (Å²) < 4.78 is 11.4. The smallest absolute Gasteiger partial charge is 0.249 e. The van der Waals surface area contributed by atoms with E-state index >= 15 is 0 Å². The maximum Gasteiger partial charge on any atom is 0.249 e. The quantitative estimate of drug-likeness (QED) is 0.758. The summed E-state index contributed by atoms with van der Waals surface area (Å²) in [5.41, 5.74) is 7.17. The predicted molar refractivity (Wildman–Crippen MR) is 89.2 cm³/mol. The number of nitrogens with zero attached hydrogens (tertiary/aromatic N) is 2. The normalized spacial score (nSPS) is 10.3. The number of aryl methyl sites for hydroxylation is 1. The van der Waals surface area contributed by atoms with Crippen molar-refractivity contribution in [1.29, 1.82) is 0 Å². The van der Waals surface area contributed by atoms with Crippen LogP contribution >= 0.6 is 11.6 Å². The number of hydrogen-bond acceptors (Lipinski definition) is 5. The zero-order valence-corrected chi connectivity index (χ0v) is 13.1. The molecular weight excluding hydrogens is 314 g/mol. The number of rotatable bonds is 4. The van der Waals surface area contributed by atoms with Crippen molar-refractivity contribution in [2.45, 2.75) is 6.92 Å². The van der Waals surface area contributed by atoms with Gasteiger partial charge in [0.05, 0.1) is 0 Å².